The first-order valence-corrected chi connectivity index (χ1v) is 9.02. The first kappa shape index (κ1) is 15.4. The summed E-state index contributed by atoms with van der Waals surface area (Å²) in [6, 6.07) is 2.63. The van der Waals surface area contributed by atoms with Crippen molar-refractivity contribution in [2.24, 2.45) is 5.73 Å². The van der Waals surface area contributed by atoms with Crippen molar-refractivity contribution >= 4 is 5.69 Å². The Morgan fingerprint density at radius 2 is 1.96 bits per heavy atom. The molecule has 1 saturated carbocycles. The van der Waals surface area contributed by atoms with Gasteiger partial charge in [-0.1, -0.05) is 0 Å². The maximum atomic E-state index is 12.5. The molecule has 1 fully saturated rings. The highest BCUT2D eigenvalue weighted by molar-refractivity contribution is 5.73. The van der Waals surface area contributed by atoms with E-state index < -0.39 is 0 Å². The van der Waals surface area contributed by atoms with Crippen LogP contribution < -0.4 is 16.6 Å². The summed E-state index contributed by atoms with van der Waals surface area (Å²) in [5, 5.41) is 3.55. The fourth-order valence-corrected chi connectivity index (χ4v) is 3.89. The quantitative estimate of drug-likeness (QED) is 0.695. The van der Waals surface area contributed by atoms with Crippen LogP contribution in [0.15, 0.2) is 17.1 Å². The minimum Gasteiger partial charge on any atom is -0.382 e. The Bertz CT molecular complexity index is 746. The first-order chi connectivity index (χ1) is 11.7. The summed E-state index contributed by atoms with van der Waals surface area (Å²) in [6.07, 6.45) is 10.2. The lowest BCUT2D eigenvalue weighted by atomic mass is 9.91. The molecule has 2 aromatic rings. The van der Waals surface area contributed by atoms with E-state index in [1.54, 1.807) is 6.20 Å². The SMILES string of the molecule is NC1CCC(Nc2cc[nH]c(=O)c2-c2nc3c([nH]2)CCCC3)CC1. The van der Waals surface area contributed by atoms with Gasteiger partial charge in [0.1, 0.15) is 11.4 Å². The molecule has 6 heteroatoms. The number of H-pyrrole nitrogens is 2. The number of nitrogens with one attached hydrogen (secondary N) is 3. The molecule has 128 valence electrons. The minimum absolute atomic E-state index is 0.0985. The summed E-state index contributed by atoms with van der Waals surface area (Å²) in [5.74, 6) is 0.693. The van der Waals surface area contributed by atoms with E-state index in [0.717, 1.165) is 49.9 Å². The number of anilines is 1. The van der Waals surface area contributed by atoms with Crippen molar-refractivity contribution < 1.29 is 0 Å². The third-order valence-corrected chi connectivity index (χ3v) is 5.28. The van der Waals surface area contributed by atoms with Crippen molar-refractivity contribution in [3.05, 3.63) is 34.0 Å². The van der Waals surface area contributed by atoms with Gasteiger partial charge >= 0.3 is 0 Å². The Labute approximate surface area is 141 Å². The lowest BCUT2D eigenvalue weighted by Crippen LogP contribution is -2.33. The molecule has 0 unspecified atom stereocenters. The second-order valence-electron chi connectivity index (χ2n) is 7.07. The minimum atomic E-state index is -0.0985. The van der Waals surface area contributed by atoms with Crippen LogP contribution in [0.1, 0.15) is 49.9 Å². The highest BCUT2D eigenvalue weighted by Gasteiger charge is 2.22. The Balaban J connectivity index is 1.65. The van der Waals surface area contributed by atoms with Crippen molar-refractivity contribution in [2.75, 3.05) is 5.32 Å². The lowest BCUT2D eigenvalue weighted by Gasteiger charge is -2.28. The van der Waals surface area contributed by atoms with E-state index in [0.29, 0.717) is 23.5 Å². The van der Waals surface area contributed by atoms with Gasteiger partial charge in [0, 0.05) is 24.0 Å². The van der Waals surface area contributed by atoms with Crippen LogP contribution in [0.4, 0.5) is 5.69 Å². The Morgan fingerprint density at radius 1 is 1.17 bits per heavy atom. The number of nitrogens with two attached hydrogens (primary N) is 1. The smallest absolute Gasteiger partial charge is 0.261 e. The maximum Gasteiger partial charge on any atom is 0.261 e. The van der Waals surface area contributed by atoms with Gasteiger partial charge in [-0.25, -0.2) is 4.98 Å². The van der Waals surface area contributed by atoms with Crippen LogP contribution in [0.25, 0.3) is 11.4 Å². The second-order valence-corrected chi connectivity index (χ2v) is 7.07. The van der Waals surface area contributed by atoms with E-state index in [-0.39, 0.29) is 5.56 Å². The highest BCUT2D eigenvalue weighted by atomic mass is 16.1. The van der Waals surface area contributed by atoms with Gasteiger partial charge in [0.05, 0.1) is 11.4 Å². The molecular formula is C18H25N5O. The fraction of sp³-hybridized carbons (Fsp3) is 0.556. The van der Waals surface area contributed by atoms with Crippen LogP contribution in [-0.2, 0) is 12.8 Å². The molecule has 0 amide bonds. The van der Waals surface area contributed by atoms with Gasteiger partial charge in [-0.3, -0.25) is 4.79 Å². The number of rotatable bonds is 3. The number of nitrogens with zero attached hydrogens (tertiary/aromatic N) is 1. The van der Waals surface area contributed by atoms with Gasteiger partial charge in [0.25, 0.3) is 5.56 Å². The van der Waals surface area contributed by atoms with E-state index in [2.05, 4.69) is 15.3 Å². The molecule has 5 N–H and O–H groups in total. The van der Waals surface area contributed by atoms with Crippen molar-refractivity contribution in [1.82, 2.24) is 15.0 Å². The average Bonchev–Trinajstić information content (AvgIpc) is 3.00. The summed E-state index contributed by atoms with van der Waals surface area (Å²) < 4.78 is 0. The monoisotopic (exact) mass is 327 g/mol. The zero-order valence-corrected chi connectivity index (χ0v) is 13.9. The average molecular weight is 327 g/mol. The van der Waals surface area contributed by atoms with Gasteiger partial charge in [0.2, 0.25) is 0 Å². The third-order valence-electron chi connectivity index (χ3n) is 5.28. The van der Waals surface area contributed by atoms with Crippen LogP contribution in [0.3, 0.4) is 0 Å². The van der Waals surface area contributed by atoms with E-state index >= 15 is 0 Å². The lowest BCUT2D eigenvalue weighted by molar-refractivity contribution is 0.411. The number of aromatic nitrogens is 3. The zero-order valence-electron chi connectivity index (χ0n) is 13.9. The van der Waals surface area contributed by atoms with Crippen molar-refractivity contribution in [2.45, 2.75) is 63.5 Å². The number of hydrogen-bond acceptors (Lipinski definition) is 4. The summed E-state index contributed by atoms with van der Waals surface area (Å²) >= 11 is 0. The number of fused-ring (bicyclic) bond motifs is 1. The summed E-state index contributed by atoms with van der Waals surface area (Å²) in [7, 11) is 0. The molecule has 0 atom stereocenters. The third kappa shape index (κ3) is 2.98. The van der Waals surface area contributed by atoms with E-state index in [9.17, 15) is 4.79 Å². The topological polar surface area (TPSA) is 99.6 Å². The number of imidazole rings is 1. The van der Waals surface area contributed by atoms with Crippen molar-refractivity contribution in [1.29, 1.82) is 0 Å². The van der Waals surface area contributed by atoms with Crippen LogP contribution in [-0.4, -0.2) is 27.0 Å². The fourth-order valence-electron chi connectivity index (χ4n) is 3.89. The summed E-state index contributed by atoms with van der Waals surface area (Å²) in [4.78, 5) is 23.4. The molecular weight excluding hydrogens is 302 g/mol. The molecule has 0 radical (unpaired) electrons. The van der Waals surface area contributed by atoms with Gasteiger partial charge in [-0.05, 0) is 57.4 Å². The molecule has 0 spiro atoms. The molecule has 2 aromatic heterocycles. The van der Waals surface area contributed by atoms with E-state index in [4.69, 9.17) is 10.7 Å². The molecule has 4 rings (SSSR count). The number of hydrogen-bond donors (Lipinski definition) is 4. The molecule has 2 aliphatic rings. The maximum absolute atomic E-state index is 12.5. The van der Waals surface area contributed by atoms with Crippen LogP contribution >= 0.6 is 0 Å². The first-order valence-electron chi connectivity index (χ1n) is 9.02. The number of aromatic amines is 2. The predicted molar refractivity (Wildman–Crippen MR) is 95.1 cm³/mol. The van der Waals surface area contributed by atoms with Gasteiger partial charge in [-0.2, -0.15) is 0 Å². The molecule has 6 nitrogen and oxygen atoms in total. The van der Waals surface area contributed by atoms with Crippen LogP contribution in [0, 0.1) is 0 Å². The van der Waals surface area contributed by atoms with Crippen molar-refractivity contribution in [3.8, 4) is 11.4 Å². The molecule has 0 aromatic carbocycles. The molecule has 2 aliphatic carbocycles. The zero-order chi connectivity index (χ0) is 16.5. The normalized spacial score (nSPS) is 23.7. The van der Waals surface area contributed by atoms with Gasteiger partial charge < -0.3 is 21.0 Å². The van der Waals surface area contributed by atoms with Gasteiger partial charge in [0.15, 0.2) is 0 Å². The molecule has 24 heavy (non-hydrogen) atoms. The van der Waals surface area contributed by atoms with E-state index in [1.165, 1.54) is 18.5 Å². The number of pyridine rings is 1. The summed E-state index contributed by atoms with van der Waals surface area (Å²) in [6.45, 7) is 0. The molecule has 0 bridgehead atoms. The Hall–Kier alpha value is -2.08. The predicted octanol–water partition coefficient (Wildman–Crippen LogP) is 2.33. The standard InChI is InChI=1S/C18H25N5O/c19-11-5-7-12(8-6-11)21-15-9-10-20-18(24)16(15)17-22-13-3-1-2-4-14(13)23-17/h9-12H,1-8,19H2,(H,22,23)(H2,20,21,24). The van der Waals surface area contributed by atoms with Gasteiger partial charge in [-0.15, -0.1) is 0 Å². The molecule has 0 aliphatic heterocycles. The Morgan fingerprint density at radius 3 is 2.75 bits per heavy atom. The van der Waals surface area contributed by atoms with Crippen LogP contribution in [0.2, 0.25) is 0 Å². The molecule has 0 saturated heterocycles. The van der Waals surface area contributed by atoms with E-state index in [1.807, 2.05) is 6.07 Å². The molecule has 2 heterocycles. The number of aryl methyl sites for hydroxylation is 2. The van der Waals surface area contributed by atoms with Crippen molar-refractivity contribution in [3.63, 3.8) is 0 Å². The summed E-state index contributed by atoms with van der Waals surface area (Å²) in [5.41, 5.74) is 9.70. The largest absolute Gasteiger partial charge is 0.382 e. The second kappa shape index (κ2) is 6.43. The van der Waals surface area contributed by atoms with Crippen LogP contribution in [0.5, 0.6) is 0 Å². The Kier molecular flexibility index (Phi) is 4.14. The highest BCUT2D eigenvalue weighted by Crippen LogP contribution is 2.28.